The van der Waals surface area contributed by atoms with Crippen LogP contribution in [0.15, 0.2) is 30.9 Å². The molecule has 4 heterocycles. The summed E-state index contributed by atoms with van der Waals surface area (Å²) in [6.07, 6.45) is 9.67. The number of likely N-dealkylation sites (tertiary alicyclic amines) is 1. The number of carbonyl (C=O) groups is 1. The summed E-state index contributed by atoms with van der Waals surface area (Å²) < 4.78 is 14.7. The second kappa shape index (κ2) is 8.58. The Bertz CT molecular complexity index is 1190. The number of rotatable bonds is 3. The van der Waals surface area contributed by atoms with Crippen LogP contribution < -0.4 is 4.74 Å². The molecule has 1 atom stereocenters. The van der Waals surface area contributed by atoms with Crippen molar-refractivity contribution in [3.8, 4) is 28.7 Å². The van der Waals surface area contributed by atoms with E-state index in [1.807, 2.05) is 52.5 Å². The van der Waals surface area contributed by atoms with E-state index in [0.717, 1.165) is 35.0 Å². The smallest absolute Gasteiger partial charge is 0.410 e. The van der Waals surface area contributed by atoms with Gasteiger partial charge in [-0.05, 0) is 39.7 Å². The number of hydrogen-bond donors (Lipinski definition) is 0. The maximum Gasteiger partial charge on any atom is 0.410 e. The number of carbonyl (C=O) groups excluding carboxylic acids is 1. The van der Waals surface area contributed by atoms with Gasteiger partial charge in [0.2, 0.25) is 0 Å². The van der Waals surface area contributed by atoms with Gasteiger partial charge in [0.25, 0.3) is 0 Å². The molecule has 3 aromatic heterocycles. The summed E-state index contributed by atoms with van der Waals surface area (Å²) in [5.74, 6) is 7.18. The quantitative estimate of drug-likeness (QED) is 0.584. The first-order valence-electron chi connectivity index (χ1n) is 10.8. The second-order valence-corrected chi connectivity index (χ2v) is 9.03. The summed E-state index contributed by atoms with van der Waals surface area (Å²) in [7, 11) is 3.53. The first kappa shape index (κ1) is 21.8. The number of ether oxygens (including phenoxy) is 2. The highest BCUT2D eigenvalue weighted by Gasteiger charge is 2.31. The molecule has 1 amide bonds. The van der Waals surface area contributed by atoms with E-state index in [1.54, 1.807) is 27.4 Å². The largest absolute Gasteiger partial charge is 0.494 e. The molecule has 0 saturated carbocycles. The average Bonchev–Trinajstić information content (AvgIpc) is 3.46. The molecule has 1 saturated heterocycles. The molecule has 32 heavy (non-hydrogen) atoms. The van der Waals surface area contributed by atoms with Crippen molar-refractivity contribution in [1.29, 1.82) is 0 Å². The Morgan fingerprint density at radius 3 is 2.72 bits per heavy atom. The highest BCUT2D eigenvalue weighted by atomic mass is 16.6. The molecule has 1 fully saturated rings. The Hall–Kier alpha value is -3.47. The molecule has 3 aromatic rings. The van der Waals surface area contributed by atoms with E-state index in [0.29, 0.717) is 18.7 Å². The van der Waals surface area contributed by atoms with Crippen molar-refractivity contribution in [2.45, 2.75) is 51.7 Å². The summed E-state index contributed by atoms with van der Waals surface area (Å²) in [5, 5.41) is 8.71. The van der Waals surface area contributed by atoms with Crippen LogP contribution in [-0.2, 0) is 11.8 Å². The predicted molar refractivity (Wildman–Crippen MR) is 121 cm³/mol. The van der Waals surface area contributed by atoms with E-state index in [9.17, 15) is 4.79 Å². The van der Waals surface area contributed by atoms with Gasteiger partial charge in [-0.25, -0.2) is 9.31 Å². The molecular weight excluding hydrogens is 406 g/mol. The maximum atomic E-state index is 12.5. The van der Waals surface area contributed by atoms with Gasteiger partial charge < -0.3 is 14.4 Å². The van der Waals surface area contributed by atoms with Crippen molar-refractivity contribution in [3.05, 3.63) is 36.4 Å². The average molecular weight is 436 g/mol. The number of aryl methyl sites for hydroxylation is 1. The van der Waals surface area contributed by atoms with E-state index < -0.39 is 5.60 Å². The van der Waals surface area contributed by atoms with Crippen molar-refractivity contribution >= 4 is 11.6 Å². The molecule has 0 spiro atoms. The van der Waals surface area contributed by atoms with Crippen LogP contribution in [-0.4, -0.2) is 55.7 Å². The first-order chi connectivity index (χ1) is 15.2. The molecule has 8 nitrogen and oxygen atoms in total. The molecule has 1 unspecified atom stereocenters. The van der Waals surface area contributed by atoms with Crippen LogP contribution in [0.2, 0.25) is 0 Å². The van der Waals surface area contributed by atoms with Gasteiger partial charge in [0.05, 0.1) is 25.1 Å². The predicted octanol–water partition coefficient (Wildman–Crippen LogP) is 3.88. The Balaban J connectivity index is 1.55. The van der Waals surface area contributed by atoms with E-state index in [4.69, 9.17) is 9.47 Å². The van der Waals surface area contributed by atoms with Crippen LogP contribution in [0.3, 0.4) is 0 Å². The zero-order valence-electron chi connectivity index (χ0n) is 19.3. The Morgan fingerprint density at radius 2 is 2.03 bits per heavy atom. The lowest BCUT2D eigenvalue weighted by Crippen LogP contribution is -2.39. The standard InChI is InChI=1S/C24H29N5O3/c1-24(2,3)32-23(30)28-11-7-10-20(28)9-6-8-17-13-26-29-16-18(12-21(31-5)22(17)29)19-14-25-27(4)15-19/h12-16,20H,7,9-11H2,1-5H3. The van der Waals surface area contributed by atoms with E-state index in [2.05, 4.69) is 22.0 Å². The third-order valence-electron chi connectivity index (χ3n) is 5.40. The Morgan fingerprint density at radius 1 is 1.22 bits per heavy atom. The monoisotopic (exact) mass is 435 g/mol. The highest BCUT2D eigenvalue weighted by Crippen LogP contribution is 2.29. The van der Waals surface area contributed by atoms with E-state index >= 15 is 0 Å². The number of methoxy groups -OCH3 is 1. The van der Waals surface area contributed by atoms with Crippen molar-refractivity contribution in [2.75, 3.05) is 13.7 Å². The van der Waals surface area contributed by atoms with Crippen molar-refractivity contribution < 1.29 is 14.3 Å². The van der Waals surface area contributed by atoms with Gasteiger partial charge in [0.15, 0.2) is 0 Å². The van der Waals surface area contributed by atoms with Crippen LogP contribution in [0.5, 0.6) is 5.75 Å². The lowest BCUT2D eigenvalue weighted by Gasteiger charge is -2.27. The fourth-order valence-electron chi connectivity index (χ4n) is 3.93. The summed E-state index contributed by atoms with van der Waals surface area (Å²) in [4.78, 5) is 14.3. The van der Waals surface area contributed by atoms with Crippen LogP contribution >= 0.6 is 0 Å². The van der Waals surface area contributed by atoms with Gasteiger partial charge in [0, 0.05) is 49.6 Å². The van der Waals surface area contributed by atoms with E-state index in [1.165, 1.54) is 0 Å². The lowest BCUT2D eigenvalue weighted by molar-refractivity contribution is 0.0230. The molecule has 168 valence electrons. The fourth-order valence-corrected chi connectivity index (χ4v) is 3.93. The highest BCUT2D eigenvalue weighted by molar-refractivity contribution is 5.75. The molecule has 0 radical (unpaired) electrons. The molecule has 8 heteroatoms. The molecule has 0 N–H and O–H groups in total. The van der Waals surface area contributed by atoms with Crippen LogP contribution in [0, 0.1) is 11.8 Å². The number of fused-ring (bicyclic) bond motifs is 1. The molecule has 0 bridgehead atoms. The Labute approximate surface area is 188 Å². The molecule has 1 aliphatic heterocycles. The van der Waals surface area contributed by atoms with Gasteiger partial charge >= 0.3 is 6.09 Å². The molecule has 0 aliphatic carbocycles. The zero-order chi connectivity index (χ0) is 22.9. The third kappa shape index (κ3) is 4.57. The molecule has 0 aromatic carbocycles. The fraction of sp³-hybridized carbons (Fsp3) is 0.458. The topological polar surface area (TPSA) is 73.9 Å². The number of pyridine rings is 1. The molecule has 1 aliphatic rings. The van der Waals surface area contributed by atoms with Gasteiger partial charge in [0.1, 0.15) is 16.9 Å². The van der Waals surface area contributed by atoms with Crippen LogP contribution in [0.25, 0.3) is 16.6 Å². The van der Waals surface area contributed by atoms with Gasteiger partial charge in [-0.15, -0.1) is 0 Å². The summed E-state index contributed by atoms with van der Waals surface area (Å²) in [6, 6.07) is 2.04. The number of amides is 1. The zero-order valence-corrected chi connectivity index (χ0v) is 19.3. The third-order valence-corrected chi connectivity index (χ3v) is 5.40. The van der Waals surface area contributed by atoms with Gasteiger partial charge in [-0.3, -0.25) is 4.68 Å². The Kier molecular flexibility index (Phi) is 5.83. The van der Waals surface area contributed by atoms with E-state index in [-0.39, 0.29) is 12.1 Å². The number of nitrogens with zero attached hydrogens (tertiary/aromatic N) is 5. The van der Waals surface area contributed by atoms with Gasteiger partial charge in [-0.1, -0.05) is 11.8 Å². The minimum absolute atomic E-state index is 0.0678. The normalized spacial score (nSPS) is 16.2. The van der Waals surface area contributed by atoms with Crippen LogP contribution in [0.1, 0.15) is 45.6 Å². The van der Waals surface area contributed by atoms with Crippen molar-refractivity contribution in [3.63, 3.8) is 0 Å². The van der Waals surface area contributed by atoms with Crippen molar-refractivity contribution in [2.24, 2.45) is 7.05 Å². The summed E-state index contributed by atoms with van der Waals surface area (Å²) >= 11 is 0. The molecular formula is C24H29N5O3. The van der Waals surface area contributed by atoms with Crippen LogP contribution in [0.4, 0.5) is 4.79 Å². The lowest BCUT2D eigenvalue weighted by atomic mass is 10.1. The minimum Gasteiger partial charge on any atom is -0.494 e. The number of aromatic nitrogens is 4. The summed E-state index contributed by atoms with van der Waals surface area (Å²) in [6.45, 7) is 6.36. The maximum absolute atomic E-state index is 12.5. The SMILES string of the molecule is COc1cc(-c2cnn(C)c2)cn2ncc(C#CCC3CCCN3C(=O)OC(C)(C)C)c12. The summed E-state index contributed by atoms with van der Waals surface area (Å²) in [5.41, 5.74) is 3.06. The van der Waals surface area contributed by atoms with Crippen molar-refractivity contribution in [1.82, 2.24) is 24.3 Å². The second-order valence-electron chi connectivity index (χ2n) is 9.03. The minimum atomic E-state index is -0.502. The number of hydrogen-bond acceptors (Lipinski definition) is 5. The first-order valence-corrected chi connectivity index (χ1v) is 10.8. The molecule has 4 rings (SSSR count). The van der Waals surface area contributed by atoms with Gasteiger partial charge in [-0.2, -0.15) is 10.2 Å².